The summed E-state index contributed by atoms with van der Waals surface area (Å²) < 4.78 is 1.72. The SMILES string of the molecule is NC(=O)c1ccc2cc(O)n(Cc3cccc(Cl)c3)c2c1. The van der Waals surface area contributed by atoms with Gasteiger partial charge in [-0.15, -0.1) is 0 Å². The quantitative estimate of drug-likeness (QED) is 0.780. The fourth-order valence-electron chi connectivity index (χ4n) is 2.38. The molecule has 3 aromatic rings. The third-order valence-electron chi connectivity index (χ3n) is 3.40. The van der Waals surface area contributed by atoms with Crippen LogP contribution in [0.4, 0.5) is 0 Å². The molecule has 1 heterocycles. The fraction of sp³-hybridized carbons (Fsp3) is 0.0625. The van der Waals surface area contributed by atoms with Crippen LogP contribution in [0.5, 0.6) is 5.88 Å². The van der Waals surface area contributed by atoms with Crippen molar-refractivity contribution >= 4 is 28.4 Å². The van der Waals surface area contributed by atoms with E-state index in [9.17, 15) is 9.90 Å². The number of benzene rings is 2. The van der Waals surface area contributed by atoms with Gasteiger partial charge >= 0.3 is 0 Å². The molecular weight excluding hydrogens is 288 g/mol. The zero-order valence-electron chi connectivity index (χ0n) is 11.1. The largest absolute Gasteiger partial charge is 0.494 e. The van der Waals surface area contributed by atoms with Gasteiger partial charge in [-0.2, -0.15) is 0 Å². The van der Waals surface area contributed by atoms with E-state index in [0.29, 0.717) is 17.1 Å². The number of primary amides is 1. The number of fused-ring (bicyclic) bond motifs is 1. The maximum absolute atomic E-state index is 11.3. The lowest BCUT2D eigenvalue weighted by Gasteiger charge is -2.08. The average molecular weight is 301 g/mol. The van der Waals surface area contributed by atoms with Crippen LogP contribution in [0.1, 0.15) is 15.9 Å². The first-order chi connectivity index (χ1) is 10.0. The summed E-state index contributed by atoms with van der Waals surface area (Å²) in [5, 5.41) is 11.6. The highest BCUT2D eigenvalue weighted by molar-refractivity contribution is 6.30. The Morgan fingerprint density at radius 2 is 2.00 bits per heavy atom. The van der Waals surface area contributed by atoms with E-state index >= 15 is 0 Å². The van der Waals surface area contributed by atoms with Crippen LogP contribution in [0.2, 0.25) is 5.02 Å². The summed E-state index contributed by atoms with van der Waals surface area (Å²) in [6.07, 6.45) is 0. The zero-order chi connectivity index (χ0) is 15.0. The van der Waals surface area contributed by atoms with Gasteiger partial charge < -0.3 is 15.4 Å². The van der Waals surface area contributed by atoms with E-state index in [4.69, 9.17) is 17.3 Å². The highest BCUT2D eigenvalue weighted by atomic mass is 35.5. The van der Waals surface area contributed by atoms with Crippen LogP contribution in [-0.2, 0) is 6.54 Å². The van der Waals surface area contributed by atoms with Crippen molar-refractivity contribution in [3.8, 4) is 5.88 Å². The van der Waals surface area contributed by atoms with Crippen molar-refractivity contribution in [3.63, 3.8) is 0 Å². The highest BCUT2D eigenvalue weighted by Gasteiger charge is 2.11. The van der Waals surface area contributed by atoms with E-state index in [1.807, 2.05) is 18.2 Å². The van der Waals surface area contributed by atoms with Gasteiger partial charge in [-0.1, -0.05) is 29.8 Å². The molecule has 3 rings (SSSR count). The van der Waals surface area contributed by atoms with Crippen LogP contribution in [0.3, 0.4) is 0 Å². The summed E-state index contributed by atoms with van der Waals surface area (Å²) in [6, 6.07) is 14.2. The second kappa shape index (κ2) is 5.14. The van der Waals surface area contributed by atoms with E-state index in [-0.39, 0.29) is 5.88 Å². The first-order valence-corrected chi connectivity index (χ1v) is 6.79. The second-order valence-electron chi connectivity index (χ2n) is 4.86. The van der Waals surface area contributed by atoms with Crippen molar-refractivity contribution in [2.75, 3.05) is 0 Å². The Balaban J connectivity index is 2.10. The maximum atomic E-state index is 11.3. The molecule has 0 aliphatic rings. The molecule has 0 fully saturated rings. The Morgan fingerprint density at radius 3 is 2.71 bits per heavy atom. The van der Waals surface area contributed by atoms with Crippen LogP contribution < -0.4 is 5.73 Å². The average Bonchev–Trinajstić information content (AvgIpc) is 2.74. The normalized spacial score (nSPS) is 10.9. The van der Waals surface area contributed by atoms with Gasteiger partial charge in [0.15, 0.2) is 5.88 Å². The van der Waals surface area contributed by atoms with Gasteiger partial charge in [-0.05, 0) is 29.8 Å². The van der Waals surface area contributed by atoms with E-state index in [2.05, 4.69) is 0 Å². The van der Waals surface area contributed by atoms with Crippen LogP contribution in [0.15, 0.2) is 48.5 Å². The van der Waals surface area contributed by atoms with Crippen molar-refractivity contribution in [2.45, 2.75) is 6.54 Å². The lowest BCUT2D eigenvalue weighted by atomic mass is 10.1. The fourth-order valence-corrected chi connectivity index (χ4v) is 2.59. The maximum Gasteiger partial charge on any atom is 0.248 e. The van der Waals surface area contributed by atoms with Crippen molar-refractivity contribution in [1.82, 2.24) is 4.57 Å². The van der Waals surface area contributed by atoms with E-state index in [1.54, 1.807) is 34.9 Å². The van der Waals surface area contributed by atoms with Crippen LogP contribution in [0.25, 0.3) is 10.9 Å². The monoisotopic (exact) mass is 300 g/mol. The highest BCUT2D eigenvalue weighted by Crippen LogP contribution is 2.27. The number of rotatable bonds is 3. The number of hydrogen-bond donors (Lipinski definition) is 2. The van der Waals surface area contributed by atoms with E-state index < -0.39 is 5.91 Å². The number of nitrogens with zero attached hydrogens (tertiary/aromatic N) is 1. The van der Waals surface area contributed by atoms with Gasteiger partial charge in [0, 0.05) is 22.0 Å². The number of aromatic nitrogens is 1. The summed E-state index contributed by atoms with van der Waals surface area (Å²) in [6.45, 7) is 0.456. The lowest BCUT2D eigenvalue weighted by Crippen LogP contribution is -2.10. The Labute approximate surface area is 126 Å². The Bertz CT molecular complexity index is 839. The molecule has 0 radical (unpaired) electrons. The molecular formula is C16H13ClN2O2. The summed E-state index contributed by atoms with van der Waals surface area (Å²) >= 11 is 5.98. The predicted octanol–water partition coefficient (Wildman–Crippen LogP) is 3.15. The van der Waals surface area contributed by atoms with Gasteiger partial charge in [-0.25, -0.2) is 0 Å². The summed E-state index contributed by atoms with van der Waals surface area (Å²) in [7, 11) is 0. The first kappa shape index (κ1) is 13.5. The Morgan fingerprint density at radius 1 is 1.19 bits per heavy atom. The Kier molecular flexibility index (Phi) is 3.31. The molecule has 0 spiro atoms. The molecule has 106 valence electrons. The minimum Gasteiger partial charge on any atom is -0.494 e. The molecule has 0 aliphatic carbocycles. The molecule has 0 unspecified atom stereocenters. The number of amides is 1. The molecule has 1 amide bonds. The van der Waals surface area contributed by atoms with Gasteiger partial charge in [0.05, 0.1) is 12.1 Å². The predicted molar refractivity (Wildman–Crippen MR) is 82.7 cm³/mol. The van der Waals surface area contributed by atoms with Crippen molar-refractivity contribution in [3.05, 3.63) is 64.7 Å². The van der Waals surface area contributed by atoms with Crippen molar-refractivity contribution in [1.29, 1.82) is 0 Å². The van der Waals surface area contributed by atoms with E-state index in [1.165, 1.54) is 0 Å². The third kappa shape index (κ3) is 2.58. The van der Waals surface area contributed by atoms with Gasteiger partial charge in [0.25, 0.3) is 0 Å². The second-order valence-corrected chi connectivity index (χ2v) is 5.29. The summed E-state index contributed by atoms with van der Waals surface area (Å²) in [5.41, 5.74) is 7.43. The third-order valence-corrected chi connectivity index (χ3v) is 3.63. The summed E-state index contributed by atoms with van der Waals surface area (Å²) in [5.74, 6) is -0.363. The topological polar surface area (TPSA) is 68.2 Å². The number of halogens is 1. The number of aromatic hydroxyl groups is 1. The lowest BCUT2D eigenvalue weighted by molar-refractivity contribution is 0.100. The molecule has 0 bridgehead atoms. The smallest absolute Gasteiger partial charge is 0.248 e. The first-order valence-electron chi connectivity index (χ1n) is 6.41. The van der Waals surface area contributed by atoms with E-state index in [0.717, 1.165) is 16.5 Å². The number of carbonyl (C=O) groups excluding carboxylic acids is 1. The molecule has 2 aromatic carbocycles. The number of hydrogen-bond acceptors (Lipinski definition) is 2. The van der Waals surface area contributed by atoms with Gasteiger partial charge in [-0.3, -0.25) is 4.79 Å². The molecule has 0 atom stereocenters. The molecule has 21 heavy (non-hydrogen) atoms. The molecule has 4 nitrogen and oxygen atoms in total. The molecule has 1 aromatic heterocycles. The van der Waals surface area contributed by atoms with Crippen LogP contribution in [0, 0.1) is 0 Å². The minimum atomic E-state index is -0.494. The molecule has 0 aliphatic heterocycles. The number of nitrogens with two attached hydrogens (primary N) is 1. The zero-order valence-corrected chi connectivity index (χ0v) is 11.8. The van der Waals surface area contributed by atoms with Crippen molar-refractivity contribution < 1.29 is 9.90 Å². The minimum absolute atomic E-state index is 0.131. The number of carbonyl (C=O) groups is 1. The standard InChI is InChI=1S/C16H13ClN2O2/c17-13-3-1-2-10(6-13)9-19-14-7-12(16(18)21)5-4-11(14)8-15(19)20/h1-8,20H,9H2,(H2,18,21). The van der Waals surface area contributed by atoms with Gasteiger partial charge in [0.2, 0.25) is 5.91 Å². The van der Waals surface area contributed by atoms with Crippen LogP contribution in [-0.4, -0.2) is 15.6 Å². The van der Waals surface area contributed by atoms with Gasteiger partial charge in [0.1, 0.15) is 0 Å². The molecule has 0 saturated carbocycles. The molecule has 0 saturated heterocycles. The Hall–Kier alpha value is -2.46. The summed E-state index contributed by atoms with van der Waals surface area (Å²) in [4.78, 5) is 11.3. The van der Waals surface area contributed by atoms with Crippen LogP contribution >= 0.6 is 11.6 Å². The van der Waals surface area contributed by atoms with Crippen molar-refractivity contribution in [2.24, 2.45) is 5.73 Å². The molecule has 3 N–H and O–H groups in total. The molecule has 5 heteroatoms.